The van der Waals surface area contributed by atoms with Gasteiger partial charge < -0.3 is 4.42 Å². The Morgan fingerprint density at radius 2 is 2.06 bits per heavy atom. The maximum absolute atomic E-state index is 11.6. The van der Waals surface area contributed by atoms with Crippen molar-refractivity contribution in [1.82, 2.24) is 0 Å². The minimum atomic E-state index is 0.0457. The van der Waals surface area contributed by atoms with E-state index in [4.69, 9.17) is 4.42 Å². The van der Waals surface area contributed by atoms with Crippen LogP contribution in [0.1, 0.15) is 35.0 Å². The molecule has 1 aromatic carbocycles. The highest BCUT2D eigenvalue weighted by Crippen LogP contribution is 2.31. The zero-order chi connectivity index (χ0) is 11.9. The number of benzene rings is 1. The van der Waals surface area contributed by atoms with Gasteiger partial charge in [-0.05, 0) is 37.1 Å². The lowest BCUT2D eigenvalue weighted by atomic mass is 10.1. The average molecular weight is 281 g/mol. The number of Topliss-reactive ketones (excluding diaryl/α,β-unsaturated/α-hetero) is 1. The summed E-state index contributed by atoms with van der Waals surface area (Å²) in [4.78, 5) is 11.6. The molecule has 0 aliphatic heterocycles. The predicted molar refractivity (Wildman–Crippen MR) is 68.0 cm³/mol. The quantitative estimate of drug-likeness (QED) is 0.763. The van der Waals surface area contributed by atoms with Crippen LogP contribution >= 0.6 is 15.9 Å². The van der Waals surface area contributed by atoms with Crippen LogP contribution in [-0.4, -0.2) is 5.78 Å². The van der Waals surface area contributed by atoms with Crippen molar-refractivity contribution in [2.75, 3.05) is 0 Å². The third-order valence-electron chi connectivity index (χ3n) is 2.78. The van der Waals surface area contributed by atoms with Crippen LogP contribution in [0.3, 0.4) is 0 Å². The van der Waals surface area contributed by atoms with Crippen LogP contribution in [0.25, 0.3) is 11.0 Å². The molecule has 0 N–H and O–H groups in total. The van der Waals surface area contributed by atoms with E-state index in [0.29, 0.717) is 12.2 Å². The van der Waals surface area contributed by atoms with Gasteiger partial charge in [-0.3, -0.25) is 4.79 Å². The molecule has 2 rings (SSSR count). The summed E-state index contributed by atoms with van der Waals surface area (Å²) in [5, 5.41) is 1.01. The van der Waals surface area contributed by atoms with Crippen molar-refractivity contribution < 1.29 is 9.21 Å². The molecule has 0 bridgehead atoms. The smallest absolute Gasteiger partial charge is 0.197 e. The van der Waals surface area contributed by atoms with Crippen LogP contribution in [0.5, 0.6) is 0 Å². The standard InChI is InChI=1S/C13H13BrO2/c1-4-10(15)12-6-9-8(3)13(14)7(2)5-11(9)16-12/h5-6H,4H2,1-3H3. The second-order valence-electron chi connectivity index (χ2n) is 3.93. The molecule has 1 heterocycles. The van der Waals surface area contributed by atoms with E-state index in [9.17, 15) is 4.79 Å². The van der Waals surface area contributed by atoms with Crippen molar-refractivity contribution in [2.45, 2.75) is 27.2 Å². The molecule has 0 unspecified atom stereocenters. The summed E-state index contributed by atoms with van der Waals surface area (Å²) in [7, 11) is 0. The lowest BCUT2D eigenvalue weighted by Crippen LogP contribution is -1.92. The molecular weight excluding hydrogens is 268 g/mol. The zero-order valence-corrected chi connectivity index (χ0v) is 11.1. The molecule has 3 heteroatoms. The Morgan fingerprint density at radius 3 is 2.69 bits per heavy atom. The molecule has 0 radical (unpaired) electrons. The second-order valence-corrected chi connectivity index (χ2v) is 4.72. The first kappa shape index (κ1) is 11.4. The summed E-state index contributed by atoms with van der Waals surface area (Å²) in [5.74, 6) is 0.502. The van der Waals surface area contributed by atoms with E-state index in [1.54, 1.807) is 0 Å². The first-order chi connectivity index (χ1) is 7.54. The third-order valence-corrected chi connectivity index (χ3v) is 4.00. The Balaban J connectivity index is 2.71. The molecule has 0 saturated carbocycles. The number of hydrogen-bond acceptors (Lipinski definition) is 2. The summed E-state index contributed by atoms with van der Waals surface area (Å²) in [6.45, 7) is 5.87. The van der Waals surface area contributed by atoms with Crippen LogP contribution in [0.4, 0.5) is 0 Å². The van der Waals surface area contributed by atoms with Gasteiger partial charge >= 0.3 is 0 Å². The lowest BCUT2D eigenvalue weighted by Gasteiger charge is -2.02. The highest BCUT2D eigenvalue weighted by Gasteiger charge is 2.14. The SMILES string of the molecule is CCC(=O)c1cc2c(C)c(Br)c(C)cc2o1. The van der Waals surface area contributed by atoms with Gasteiger partial charge in [-0.1, -0.05) is 22.9 Å². The molecule has 84 valence electrons. The number of aryl methyl sites for hydroxylation is 2. The van der Waals surface area contributed by atoms with Gasteiger partial charge in [0.1, 0.15) is 5.58 Å². The van der Waals surface area contributed by atoms with E-state index in [1.165, 1.54) is 0 Å². The van der Waals surface area contributed by atoms with Crippen LogP contribution in [0.2, 0.25) is 0 Å². The Kier molecular flexibility index (Phi) is 2.89. The van der Waals surface area contributed by atoms with Crippen LogP contribution in [-0.2, 0) is 0 Å². The van der Waals surface area contributed by atoms with Crippen molar-refractivity contribution in [3.05, 3.63) is 33.5 Å². The van der Waals surface area contributed by atoms with Gasteiger partial charge in [-0.25, -0.2) is 0 Å². The number of hydrogen-bond donors (Lipinski definition) is 0. The number of carbonyl (C=O) groups excluding carboxylic acids is 1. The van der Waals surface area contributed by atoms with Gasteiger partial charge in [0.2, 0.25) is 0 Å². The molecule has 0 amide bonds. The van der Waals surface area contributed by atoms with E-state index < -0.39 is 0 Å². The minimum Gasteiger partial charge on any atom is -0.453 e. The summed E-state index contributed by atoms with van der Waals surface area (Å²) in [6.07, 6.45) is 0.471. The van der Waals surface area contributed by atoms with Crippen molar-refractivity contribution >= 4 is 32.7 Å². The highest BCUT2D eigenvalue weighted by molar-refractivity contribution is 9.10. The van der Waals surface area contributed by atoms with Gasteiger partial charge in [0, 0.05) is 16.3 Å². The number of carbonyl (C=O) groups is 1. The maximum atomic E-state index is 11.6. The predicted octanol–water partition coefficient (Wildman–Crippen LogP) is 4.40. The number of halogens is 1. The molecule has 0 aliphatic rings. The van der Waals surface area contributed by atoms with Crippen LogP contribution in [0.15, 0.2) is 21.0 Å². The van der Waals surface area contributed by atoms with E-state index in [0.717, 1.165) is 26.6 Å². The first-order valence-electron chi connectivity index (χ1n) is 5.27. The Labute approximate surface area is 103 Å². The van der Waals surface area contributed by atoms with Crippen LogP contribution < -0.4 is 0 Å². The Hall–Kier alpha value is -1.09. The van der Waals surface area contributed by atoms with Crippen molar-refractivity contribution in [1.29, 1.82) is 0 Å². The fourth-order valence-electron chi connectivity index (χ4n) is 1.79. The Morgan fingerprint density at radius 1 is 1.38 bits per heavy atom. The van der Waals surface area contributed by atoms with Gasteiger partial charge in [-0.15, -0.1) is 0 Å². The van der Waals surface area contributed by atoms with Crippen LogP contribution in [0, 0.1) is 13.8 Å². The maximum Gasteiger partial charge on any atom is 0.197 e. The number of furan rings is 1. The van der Waals surface area contributed by atoms with E-state index in [2.05, 4.69) is 15.9 Å². The number of fused-ring (bicyclic) bond motifs is 1. The van der Waals surface area contributed by atoms with Crippen molar-refractivity contribution in [3.8, 4) is 0 Å². The van der Waals surface area contributed by atoms with E-state index >= 15 is 0 Å². The summed E-state index contributed by atoms with van der Waals surface area (Å²) >= 11 is 3.54. The largest absolute Gasteiger partial charge is 0.453 e. The van der Waals surface area contributed by atoms with Crippen molar-refractivity contribution in [2.24, 2.45) is 0 Å². The van der Waals surface area contributed by atoms with Gasteiger partial charge in [0.25, 0.3) is 0 Å². The molecule has 1 aromatic heterocycles. The van der Waals surface area contributed by atoms with Gasteiger partial charge in [0.15, 0.2) is 11.5 Å². The number of ketones is 1. The van der Waals surface area contributed by atoms with E-state index in [1.807, 2.05) is 32.9 Å². The zero-order valence-electron chi connectivity index (χ0n) is 9.56. The molecule has 0 aliphatic carbocycles. The second kappa shape index (κ2) is 4.06. The third kappa shape index (κ3) is 1.69. The summed E-state index contributed by atoms with van der Waals surface area (Å²) < 4.78 is 6.65. The summed E-state index contributed by atoms with van der Waals surface area (Å²) in [5.41, 5.74) is 3.03. The molecule has 0 atom stereocenters. The molecule has 0 spiro atoms. The molecule has 0 fully saturated rings. The normalized spacial score (nSPS) is 11.0. The topological polar surface area (TPSA) is 30.2 Å². The fraction of sp³-hybridized carbons (Fsp3) is 0.308. The number of rotatable bonds is 2. The molecule has 2 aromatic rings. The average Bonchev–Trinajstić information content (AvgIpc) is 2.69. The highest BCUT2D eigenvalue weighted by atomic mass is 79.9. The molecular formula is C13H13BrO2. The molecule has 2 nitrogen and oxygen atoms in total. The minimum absolute atomic E-state index is 0.0457. The monoisotopic (exact) mass is 280 g/mol. The first-order valence-corrected chi connectivity index (χ1v) is 6.06. The van der Waals surface area contributed by atoms with E-state index in [-0.39, 0.29) is 5.78 Å². The lowest BCUT2D eigenvalue weighted by molar-refractivity contribution is 0.0963. The molecule has 0 saturated heterocycles. The fourth-order valence-corrected chi connectivity index (χ4v) is 2.12. The van der Waals surface area contributed by atoms with Gasteiger partial charge in [-0.2, -0.15) is 0 Å². The summed E-state index contributed by atoms with van der Waals surface area (Å²) in [6, 6.07) is 3.79. The molecule has 16 heavy (non-hydrogen) atoms. The Bertz CT molecular complexity index is 567. The van der Waals surface area contributed by atoms with Gasteiger partial charge in [0.05, 0.1) is 0 Å². The van der Waals surface area contributed by atoms with Crippen molar-refractivity contribution in [3.63, 3.8) is 0 Å².